The van der Waals surface area contributed by atoms with E-state index in [1.54, 1.807) is 25.1 Å². The van der Waals surface area contributed by atoms with Crippen molar-refractivity contribution in [2.75, 3.05) is 13.2 Å². The van der Waals surface area contributed by atoms with Gasteiger partial charge in [0.1, 0.15) is 24.0 Å². The van der Waals surface area contributed by atoms with Gasteiger partial charge in [-0.15, -0.1) is 0 Å². The first-order chi connectivity index (χ1) is 15.4. The predicted molar refractivity (Wildman–Crippen MR) is 125 cm³/mol. The van der Waals surface area contributed by atoms with Crippen LogP contribution >= 0.6 is 15.9 Å². The van der Waals surface area contributed by atoms with Crippen LogP contribution in [0.5, 0.6) is 5.75 Å². The molecule has 3 amide bonds. The minimum absolute atomic E-state index is 0.0463. The van der Waals surface area contributed by atoms with Crippen LogP contribution in [0.25, 0.3) is 11.1 Å². The van der Waals surface area contributed by atoms with Crippen molar-refractivity contribution in [2.24, 2.45) is 0 Å². The van der Waals surface area contributed by atoms with Gasteiger partial charge in [0.2, 0.25) is 0 Å². The number of nitrogens with one attached hydrogen (secondary N) is 1. The zero-order chi connectivity index (χ0) is 22.7. The molecule has 1 saturated heterocycles. The molecule has 0 bridgehead atoms. The van der Waals surface area contributed by atoms with E-state index in [4.69, 9.17) is 4.74 Å². The van der Waals surface area contributed by atoms with E-state index in [2.05, 4.69) is 21.2 Å². The number of rotatable bonds is 7. The molecule has 1 aliphatic rings. The van der Waals surface area contributed by atoms with Crippen LogP contribution < -0.4 is 10.1 Å². The van der Waals surface area contributed by atoms with Gasteiger partial charge < -0.3 is 15.2 Å². The van der Waals surface area contributed by atoms with Gasteiger partial charge in [0.05, 0.1) is 6.54 Å². The fourth-order valence-corrected chi connectivity index (χ4v) is 4.09. The maximum absolute atomic E-state index is 13.0. The van der Waals surface area contributed by atoms with Crippen LogP contribution in [0.2, 0.25) is 0 Å². The van der Waals surface area contributed by atoms with E-state index in [1.165, 1.54) is 0 Å². The summed E-state index contributed by atoms with van der Waals surface area (Å²) in [5.74, 6) is 0.187. The van der Waals surface area contributed by atoms with Gasteiger partial charge in [-0.1, -0.05) is 70.5 Å². The van der Waals surface area contributed by atoms with Gasteiger partial charge in [-0.2, -0.15) is 0 Å². The number of halogens is 1. The lowest BCUT2D eigenvalue weighted by Gasteiger charge is -2.23. The van der Waals surface area contributed by atoms with Crippen molar-refractivity contribution in [2.45, 2.75) is 18.6 Å². The van der Waals surface area contributed by atoms with Crippen LogP contribution in [0.3, 0.4) is 0 Å². The number of aliphatic hydroxyl groups excluding tert-OH is 1. The second kappa shape index (κ2) is 9.14. The molecule has 0 aliphatic carbocycles. The summed E-state index contributed by atoms with van der Waals surface area (Å²) < 4.78 is 6.47. The largest absolute Gasteiger partial charge is 0.491 e. The third-order valence-electron chi connectivity index (χ3n) is 5.47. The van der Waals surface area contributed by atoms with Crippen molar-refractivity contribution in [1.29, 1.82) is 0 Å². The average molecular weight is 495 g/mol. The molecule has 0 saturated carbocycles. The quantitative estimate of drug-likeness (QED) is 0.479. The average Bonchev–Trinajstić information content (AvgIpc) is 3.02. The van der Waals surface area contributed by atoms with E-state index >= 15 is 0 Å². The number of imide groups is 1. The number of urea groups is 1. The minimum Gasteiger partial charge on any atom is -0.491 e. The predicted octanol–water partition coefficient (Wildman–Crippen LogP) is 4.32. The maximum Gasteiger partial charge on any atom is 0.325 e. The molecule has 1 aliphatic heterocycles. The van der Waals surface area contributed by atoms with Gasteiger partial charge in [0.25, 0.3) is 5.91 Å². The molecule has 6 nitrogen and oxygen atoms in total. The van der Waals surface area contributed by atoms with Crippen molar-refractivity contribution in [3.05, 3.63) is 88.9 Å². The summed E-state index contributed by atoms with van der Waals surface area (Å²) in [6.07, 6.45) is -1.02. The number of benzene rings is 3. The molecule has 2 unspecified atom stereocenters. The molecular formula is C25H23BrN2O4. The molecule has 164 valence electrons. The summed E-state index contributed by atoms with van der Waals surface area (Å²) in [5, 5.41) is 13.2. The summed E-state index contributed by atoms with van der Waals surface area (Å²) in [4.78, 5) is 26.5. The highest BCUT2D eigenvalue weighted by Crippen LogP contribution is 2.30. The molecule has 0 radical (unpaired) electrons. The maximum atomic E-state index is 13.0. The Bertz CT molecular complexity index is 1120. The monoisotopic (exact) mass is 494 g/mol. The first kappa shape index (κ1) is 22.0. The standard InChI is InChI=1S/C25H23BrN2O4/c1-25(19-8-5-9-20(26)14-19)23(30)28(24(31)27-25)15-21(29)16-32-22-12-10-18(11-13-22)17-6-3-2-4-7-17/h2-14,21,29H,15-16H2,1H3,(H,27,31). The van der Waals surface area contributed by atoms with E-state index in [0.29, 0.717) is 11.3 Å². The van der Waals surface area contributed by atoms with Crippen molar-refractivity contribution in [3.63, 3.8) is 0 Å². The molecule has 2 N–H and O–H groups in total. The molecule has 2 atom stereocenters. The normalized spacial score (nSPS) is 19.0. The van der Waals surface area contributed by atoms with Gasteiger partial charge in [-0.3, -0.25) is 9.69 Å². The molecule has 4 rings (SSSR count). The topological polar surface area (TPSA) is 78.9 Å². The summed E-state index contributed by atoms with van der Waals surface area (Å²) in [6, 6.07) is 24.2. The van der Waals surface area contributed by atoms with Crippen LogP contribution in [0.1, 0.15) is 12.5 Å². The van der Waals surface area contributed by atoms with E-state index < -0.39 is 23.6 Å². The number of carbonyl (C=O) groups is 2. The van der Waals surface area contributed by atoms with Crippen LogP contribution in [0.4, 0.5) is 4.79 Å². The van der Waals surface area contributed by atoms with Crippen LogP contribution in [-0.4, -0.2) is 41.2 Å². The first-order valence-electron chi connectivity index (χ1n) is 10.2. The first-order valence-corrected chi connectivity index (χ1v) is 11.0. The van der Waals surface area contributed by atoms with E-state index in [1.807, 2.05) is 60.7 Å². The SMILES string of the molecule is CC1(c2cccc(Br)c2)NC(=O)N(CC(O)COc2ccc(-c3ccccc3)cc2)C1=O. The van der Waals surface area contributed by atoms with Crippen molar-refractivity contribution >= 4 is 27.9 Å². The number of hydrogen-bond acceptors (Lipinski definition) is 4. The number of aliphatic hydroxyl groups is 1. The van der Waals surface area contributed by atoms with Crippen LogP contribution in [0.15, 0.2) is 83.3 Å². The molecule has 1 fully saturated rings. The fraction of sp³-hybridized carbons (Fsp3) is 0.200. The number of amides is 3. The zero-order valence-electron chi connectivity index (χ0n) is 17.5. The third kappa shape index (κ3) is 4.54. The second-order valence-corrected chi connectivity index (χ2v) is 8.75. The van der Waals surface area contributed by atoms with Gasteiger partial charge in [0.15, 0.2) is 0 Å². The lowest BCUT2D eigenvalue weighted by molar-refractivity contribution is -0.132. The number of β-amino-alcohol motifs (C(OH)–C–C–N with tert-alkyl or cyclic N) is 1. The number of carbonyl (C=O) groups excluding carboxylic acids is 2. The van der Waals surface area contributed by atoms with Crippen molar-refractivity contribution < 1.29 is 19.4 Å². The minimum atomic E-state index is -1.19. The Morgan fingerprint density at radius 3 is 2.38 bits per heavy atom. The van der Waals surface area contributed by atoms with Gasteiger partial charge >= 0.3 is 6.03 Å². The highest BCUT2D eigenvalue weighted by Gasteiger charge is 2.49. The van der Waals surface area contributed by atoms with Crippen LogP contribution in [0, 0.1) is 0 Å². The molecule has 3 aromatic carbocycles. The zero-order valence-corrected chi connectivity index (χ0v) is 19.1. The molecular weight excluding hydrogens is 472 g/mol. The third-order valence-corrected chi connectivity index (χ3v) is 5.97. The molecule has 1 heterocycles. The van der Waals surface area contributed by atoms with Gasteiger partial charge in [0, 0.05) is 4.47 Å². The second-order valence-electron chi connectivity index (χ2n) is 7.84. The Balaban J connectivity index is 1.36. The molecule has 32 heavy (non-hydrogen) atoms. The van der Waals surface area contributed by atoms with E-state index in [9.17, 15) is 14.7 Å². The summed E-state index contributed by atoms with van der Waals surface area (Å²) in [7, 11) is 0. The van der Waals surface area contributed by atoms with Crippen LogP contribution in [-0.2, 0) is 10.3 Å². The lowest BCUT2D eigenvalue weighted by atomic mass is 9.92. The van der Waals surface area contributed by atoms with Gasteiger partial charge in [-0.25, -0.2) is 4.79 Å². The van der Waals surface area contributed by atoms with Crippen molar-refractivity contribution in [3.8, 4) is 16.9 Å². The Morgan fingerprint density at radius 2 is 1.69 bits per heavy atom. The van der Waals surface area contributed by atoms with E-state index in [-0.39, 0.29) is 13.2 Å². The van der Waals surface area contributed by atoms with E-state index in [0.717, 1.165) is 20.5 Å². The highest BCUT2D eigenvalue weighted by atomic mass is 79.9. The van der Waals surface area contributed by atoms with Gasteiger partial charge in [-0.05, 0) is 47.9 Å². The Labute approximate surface area is 195 Å². The highest BCUT2D eigenvalue weighted by molar-refractivity contribution is 9.10. The number of ether oxygens (including phenoxy) is 1. The Morgan fingerprint density at radius 1 is 1.00 bits per heavy atom. The number of nitrogens with zero attached hydrogens (tertiary/aromatic N) is 1. The molecule has 7 heteroatoms. The summed E-state index contributed by atoms with van der Waals surface area (Å²) in [5.41, 5.74) is 1.64. The summed E-state index contributed by atoms with van der Waals surface area (Å²) in [6.45, 7) is 1.46. The van der Waals surface area contributed by atoms with Crippen molar-refractivity contribution in [1.82, 2.24) is 10.2 Å². The fourth-order valence-electron chi connectivity index (χ4n) is 3.69. The Kier molecular flexibility index (Phi) is 6.30. The lowest BCUT2D eigenvalue weighted by Crippen LogP contribution is -2.42. The Hall–Kier alpha value is -3.16. The molecule has 0 aromatic heterocycles. The molecule has 0 spiro atoms. The summed E-state index contributed by atoms with van der Waals surface area (Å²) >= 11 is 3.39. The smallest absolute Gasteiger partial charge is 0.325 e. The molecule has 3 aromatic rings. The number of hydrogen-bond donors (Lipinski definition) is 2.